The Labute approximate surface area is 165 Å². The molecule has 150 valence electrons. The van der Waals surface area contributed by atoms with E-state index in [2.05, 4.69) is 15.4 Å². The Balaban J connectivity index is 1.80. The molecule has 1 aromatic carbocycles. The summed E-state index contributed by atoms with van der Waals surface area (Å²) in [6.45, 7) is 1.97. The molecule has 0 aliphatic carbocycles. The van der Waals surface area contributed by atoms with E-state index < -0.39 is 17.6 Å². The van der Waals surface area contributed by atoms with Gasteiger partial charge in [0.1, 0.15) is 17.6 Å². The van der Waals surface area contributed by atoms with Gasteiger partial charge in [0.05, 0.1) is 11.4 Å². The van der Waals surface area contributed by atoms with E-state index in [1.807, 2.05) is 6.07 Å². The van der Waals surface area contributed by atoms with Crippen LogP contribution in [0, 0.1) is 12.7 Å². The van der Waals surface area contributed by atoms with E-state index in [9.17, 15) is 19.1 Å². The number of benzene rings is 1. The maximum absolute atomic E-state index is 13.7. The van der Waals surface area contributed by atoms with Crippen LogP contribution in [-0.2, 0) is 24.8 Å². The molecule has 1 atom stereocenters. The summed E-state index contributed by atoms with van der Waals surface area (Å²) in [5, 5.41) is 16.7. The molecule has 0 saturated carbocycles. The average molecular weight is 397 g/mol. The second-order valence-electron chi connectivity index (χ2n) is 7.15. The van der Waals surface area contributed by atoms with Gasteiger partial charge in [0.25, 0.3) is 5.56 Å². The maximum atomic E-state index is 13.7. The summed E-state index contributed by atoms with van der Waals surface area (Å²) < 4.78 is 16.6. The molecule has 2 N–H and O–H groups in total. The monoisotopic (exact) mass is 397 g/mol. The number of halogens is 1. The molecule has 9 heteroatoms. The largest absolute Gasteiger partial charge is 0.480 e. The van der Waals surface area contributed by atoms with Gasteiger partial charge in [0, 0.05) is 19.8 Å². The zero-order valence-electron chi connectivity index (χ0n) is 16.0. The molecule has 0 bridgehead atoms. The minimum absolute atomic E-state index is 0.0278. The van der Waals surface area contributed by atoms with Crippen LogP contribution in [0.3, 0.4) is 0 Å². The number of carbonyl (C=O) groups is 1. The molecule has 1 aliphatic heterocycles. The normalized spacial score (nSPS) is 15.3. The van der Waals surface area contributed by atoms with E-state index in [0.29, 0.717) is 35.5 Å². The van der Waals surface area contributed by atoms with Crippen molar-refractivity contribution in [1.29, 1.82) is 0 Å². The van der Waals surface area contributed by atoms with E-state index in [-0.39, 0.29) is 18.2 Å². The minimum Gasteiger partial charge on any atom is -0.480 e. The van der Waals surface area contributed by atoms with Crippen molar-refractivity contribution in [3.05, 3.63) is 63.5 Å². The Bertz CT molecular complexity index is 1150. The Morgan fingerprint density at radius 1 is 1.38 bits per heavy atom. The number of rotatable bonds is 5. The second-order valence-corrected chi connectivity index (χ2v) is 7.15. The van der Waals surface area contributed by atoms with Gasteiger partial charge in [-0.1, -0.05) is 6.07 Å². The number of anilines is 1. The molecule has 4 rings (SSSR count). The summed E-state index contributed by atoms with van der Waals surface area (Å²) in [5.74, 6) is -1.39. The second kappa shape index (κ2) is 7.16. The van der Waals surface area contributed by atoms with Gasteiger partial charge in [-0.05, 0) is 49.1 Å². The standard InChI is InChI=1S/C20H20FN5O3/c1-11-7-12(9-13(21)8-11)10-22-18-19(27)26-15(3-4-16(26)20(28)29)17(24-18)14-5-6-23-25(14)2/h5-9,16H,3-4,10H2,1-2H3,(H,22,24)(H,28,29)/t16-/m0/s1. The summed E-state index contributed by atoms with van der Waals surface area (Å²) in [7, 11) is 1.76. The molecule has 3 heterocycles. The lowest BCUT2D eigenvalue weighted by molar-refractivity contribution is -0.140. The van der Waals surface area contributed by atoms with Gasteiger partial charge in [-0.2, -0.15) is 5.10 Å². The van der Waals surface area contributed by atoms with Crippen LogP contribution in [0.15, 0.2) is 35.3 Å². The molecule has 8 nitrogen and oxygen atoms in total. The molecule has 0 spiro atoms. The number of hydrogen-bond acceptors (Lipinski definition) is 5. The van der Waals surface area contributed by atoms with E-state index in [4.69, 9.17) is 0 Å². The minimum atomic E-state index is -1.06. The van der Waals surface area contributed by atoms with Gasteiger partial charge < -0.3 is 10.4 Å². The van der Waals surface area contributed by atoms with E-state index in [0.717, 1.165) is 5.56 Å². The number of carboxylic acids is 1. The van der Waals surface area contributed by atoms with Crippen LogP contribution in [0.4, 0.5) is 10.2 Å². The lowest BCUT2D eigenvalue weighted by Crippen LogP contribution is -2.31. The van der Waals surface area contributed by atoms with Gasteiger partial charge in [-0.15, -0.1) is 0 Å². The first kappa shape index (κ1) is 18.9. The van der Waals surface area contributed by atoms with Crippen molar-refractivity contribution in [2.45, 2.75) is 32.4 Å². The van der Waals surface area contributed by atoms with Gasteiger partial charge in [0.2, 0.25) is 0 Å². The number of nitrogens with one attached hydrogen (secondary N) is 1. The highest BCUT2D eigenvalue weighted by molar-refractivity contribution is 5.74. The molecule has 0 unspecified atom stereocenters. The first-order valence-corrected chi connectivity index (χ1v) is 9.21. The van der Waals surface area contributed by atoms with Gasteiger partial charge >= 0.3 is 5.97 Å². The van der Waals surface area contributed by atoms with Crippen molar-refractivity contribution in [2.24, 2.45) is 7.05 Å². The highest BCUT2D eigenvalue weighted by Crippen LogP contribution is 2.31. The number of aromatic nitrogens is 4. The van der Waals surface area contributed by atoms with Crippen LogP contribution in [-0.4, -0.2) is 30.4 Å². The molecule has 29 heavy (non-hydrogen) atoms. The van der Waals surface area contributed by atoms with E-state index in [1.165, 1.54) is 16.7 Å². The van der Waals surface area contributed by atoms with Gasteiger partial charge in [0.15, 0.2) is 5.82 Å². The molecular formula is C20H20FN5O3. The Morgan fingerprint density at radius 3 is 2.83 bits per heavy atom. The van der Waals surface area contributed by atoms with Crippen LogP contribution in [0.25, 0.3) is 11.4 Å². The first-order chi connectivity index (χ1) is 13.8. The Kier molecular flexibility index (Phi) is 4.65. The quantitative estimate of drug-likeness (QED) is 0.685. The summed E-state index contributed by atoms with van der Waals surface area (Å²) in [6.07, 6.45) is 2.37. The van der Waals surface area contributed by atoms with Crippen molar-refractivity contribution in [1.82, 2.24) is 19.3 Å². The number of aryl methyl sites for hydroxylation is 2. The topological polar surface area (TPSA) is 102 Å². The lowest BCUT2D eigenvalue weighted by Gasteiger charge is -2.16. The van der Waals surface area contributed by atoms with Crippen LogP contribution in [0.5, 0.6) is 0 Å². The van der Waals surface area contributed by atoms with Crippen molar-refractivity contribution >= 4 is 11.8 Å². The number of fused-ring (bicyclic) bond motifs is 1. The molecule has 2 aromatic heterocycles. The fraction of sp³-hybridized carbons (Fsp3) is 0.300. The Hall–Kier alpha value is -3.49. The summed E-state index contributed by atoms with van der Waals surface area (Å²) in [4.78, 5) is 29.2. The smallest absolute Gasteiger partial charge is 0.326 e. The van der Waals surface area contributed by atoms with Crippen molar-refractivity contribution in [3.63, 3.8) is 0 Å². The fourth-order valence-corrected chi connectivity index (χ4v) is 3.81. The first-order valence-electron chi connectivity index (χ1n) is 9.21. The van der Waals surface area contributed by atoms with Crippen molar-refractivity contribution < 1.29 is 14.3 Å². The zero-order valence-corrected chi connectivity index (χ0v) is 16.0. The van der Waals surface area contributed by atoms with Gasteiger partial charge in [-0.3, -0.25) is 14.0 Å². The highest BCUT2D eigenvalue weighted by atomic mass is 19.1. The molecule has 3 aromatic rings. The molecule has 0 amide bonds. The fourth-order valence-electron chi connectivity index (χ4n) is 3.81. The van der Waals surface area contributed by atoms with Crippen LogP contribution < -0.4 is 10.9 Å². The van der Waals surface area contributed by atoms with E-state index in [1.54, 1.807) is 30.9 Å². The van der Waals surface area contributed by atoms with Crippen LogP contribution in [0.2, 0.25) is 0 Å². The predicted molar refractivity (Wildman–Crippen MR) is 104 cm³/mol. The molecular weight excluding hydrogens is 377 g/mol. The van der Waals surface area contributed by atoms with Crippen molar-refractivity contribution in [2.75, 3.05) is 5.32 Å². The lowest BCUT2D eigenvalue weighted by atomic mass is 10.1. The van der Waals surface area contributed by atoms with E-state index >= 15 is 0 Å². The number of aliphatic carboxylic acids is 1. The molecule has 0 fully saturated rings. The van der Waals surface area contributed by atoms with Crippen molar-refractivity contribution in [3.8, 4) is 11.4 Å². The third-order valence-corrected chi connectivity index (χ3v) is 5.09. The third-order valence-electron chi connectivity index (χ3n) is 5.09. The number of nitrogens with zero attached hydrogens (tertiary/aromatic N) is 4. The zero-order chi connectivity index (χ0) is 20.7. The van der Waals surface area contributed by atoms with Crippen LogP contribution >= 0.6 is 0 Å². The molecule has 1 aliphatic rings. The average Bonchev–Trinajstić information content (AvgIpc) is 3.27. The Morgan fingerprint density at radius 2 is 2.17 bits per heavy atom. The highest BCUT2D eigenvalue weighted by Gasteiger charge is 2.33. The van der Waals surface area contributed by atoms with Crippen LogP contribution in [0.1, 0.15) is 29.3 Å². The summed E-state index contributed by atoms with van der Waals surface area (Å²) in [5.41, 5.74) is 2.71. The SMILES string of the molecule is Cc1cc(F)cc(CNc2nc(-c3ccnn3C)c3n(c2=O)[C@H](C(=O)O)CC3)c1. The number of carboxylic acid groups (broad SMARTS) is 1. The molecule has 0 radical (unpaired) electrons. The molecule has 0 saturated heterocycles. The third kappa shape index (κ3) is 3.39. The predicted octanol–water partition coefficient (Wildman–Crippen LogP) is 2.28. The number of hydrogen-bond donors (Lipinski definition) is 2. The summed E-state index contributed by atoms with van der Waals surface area (Å²) >= 11 is 0. The van der Waals surface area contributed by atoms with Gasteiger partial charge in [-0.25, -0.2) is 14.2 Å². The maximum Gasteiger partial charge on any atom is 0.326 e. The summed E-state index contributed by atoms with van der Waals surface area (Å²) in [6, 6.07) is 5.44.